The van der Waals surface area contributed by atoms with Crippen molar-refractivity contribution in [1.29, 1.82) is 0 Å². The summed E-state index contributed by atoms with van der Waals surface area (Å²) in [5, 5.41) is 9.10. The molecule has 0 aromatic rings. The molecule has 2 aliphatic rings. The number of primary amides is 1. The Hall–Kier alpha value is -1.22. The SMILES string of the molecule is CC(N)=O.COC1CC2OCC(=O)OC2C(CO)O1. The van der Waals surface area contributed by atoms with Crippen LogP contribution in [-0.4, -0.2) is 61.9 Å². The van der Waals surface area contributed by atoms with Crippen LogP contribution in [0.1, 0.15) is 13.3 Å². The Bertz CT molecular complexity index is 310. The molecular formula is C11H19NO7. The molecule has 2 rings (SSSR count). The number of aliphatic hydroxyl groups excluding tert-OH is 1. The normalized spacial score (nSPS) is 33.5. The largest absolute Gasteiger partial charge is 0.455 e. The molecule has 8 heteroatoms. The van der Waals surface area contributed by atoms with Crippen LogP contribution < -0.4 is 5.73 Å². The predicted octanol–water partition coefficient (Wildman–Crippen LogP) is -1.46. The van der Waals surface area contributed by atoms with Crippen LogP contribution in [0.15, 0.2) is 0 Å². The van der Waals surface area contributed by atoms with Crippen molar-refractivity contribution in [2.24, 2.45) is 5.73 Å². The fourth-order valence-electron chi connectivity index (χ4n) is 1.87. The molecule has 8 nitrogen and oxygen atoms in total. The first-order chi connectivity index (χ1) is 8.97. The van der Waals surface area contributed by atoms with Gasteiger partial charge in [0.1, 0.15) is 18.8 Å². The first kappa shape index (κ1) is 15.8. The van der Waals surface area contributed by atoms with Gasteiger partial charge in [-0.05, 0) is 0 Å². The summed E-state index contributed by atoms with van der Waals surface area (Å²) in [7, 11) is 1.52. The van der Waals surface area contributed by atoms with Crippen LogP contribution in [0, 0.1) is 0 Å². The fraction of sp³-hybridized carbons (Fsp3) is 0.818. The first-order valence-electron chi connectivity index (χ1n) is 5.84. The molecule has 2 heterocycles. The van der Waals surface area contributed by atoms with Gasteiger partial charge in [0.25, 0.3) is 0 Å². The number of aliphatic hydroxyl groups is 1. The quantitative estimate of drug-likeness (QED) is 0.592. The summed E-state index contributed by atoms with van der Waals surface area (Å²) >= 11 is 0. The van der Waals surface area contributed by atoms with E-state index in [0.29, 0.717) is 6.42 Å². The Morgan fingerprint density at radius 1 is 1.58 bits per heavy atom. The van der Waals surface area contributed by atoms with Gasteiger partial charge in [-0.3, -0.25) is 4.79 Å². The van der Waals surface area contributed by atoms with E-state index in [1.54, 1.807) is 0 Å². The van der Waals surface area contributed by atoms with E-state index in [4.69, 9.17) is 24.1 Å². The molecule has 3 N–H and O–H groups in total. The lowest BCUT2D eigenvalue weighted by Gasteiger charge is -2.41. The molecular weight excluding hydrogens is 258 g/mol. The number of fused-ring (bicyclic) bond motifs is 1. The second-order valence-corrected chi connectivity index (χ2v) is 4.17. The fourth-order valence-corrected chi connectivity index (χ4v) is 1.87. The maximum Gasteiger partial charge on any atom is 0.332 e. The van der Waals surface area contributed by atoms with Gasteiger partial charge in [0.2, 0.25) is 5.91 Å². The molecule has 0 aromatic heterocycles. The van der Waals surface area contributed by atoms with E-state index in [0.717, 1.165) is 0 Å². The van der Waals surface area contributed by atoms with Crippen LogP contribution in [-0.2, 0) is 28.5 Å². The van der Waals surface area contributed by atoms with Crippen molar-refractivity contribution in [3.8, 4) is 0 Å². The summed E-state index contributed by atoms with van der Waals surface area (Å²) in [6.07, 6.45) is -1.26. The van der Waals surface area contributed by atoms with Gasteiger partial charge in [-0.15, -0.1) is 0 Å². The molecule has 0 aliphatic carbocycles. The maximum absolute atomic E-state index is 11.0. The predicted molar refractivity (Wildman–Crippen MR) is 61.9 cm³/mol. The average Bonchev–Trinajstić information content (AvgIpc) is 2.36. The highest BCUT2D eigenvalue weighted by Gasteiger charge is 2.44. The van der Waals surface area contributed by atoms with E-state index in [1.165, 1.54) is 14.0 Å². The molecule has 0 aromatic carbocycles. The standard InChI is InChI=1S/C9H14O6.C2H5NO/c1-12-8-2-5-9(6(3-10)14-8)15-7(11)4-13-5;1-2(3)4/h5-6,8-10H,2-4H2,1H3;1H3,(H2,3,4). The average molecular weight is 277 g/mol. The zero-order valence-electron chi connectivity index (χ0n) is 10.9. The molecule has 0 saturated carbocycles. The molecule has 19 heavy (non-hydrogen) atoms. The van der Waals surface area contributed by atoms with Crippen LogP contribution in [0.3, 0.4) is 0 Å². The van der Waals surface area contributed by atoms with Crippen molar-refractivity contribution in [2.75, 3.05) is 20.3 Å². The summed E-state index contributed by atoms with van der Waals surface area (Å²) in [6, 6.07) is 0. The number of rotatable bonds is 2. The number of methoxy groups -OCH3 is 1. The van der Waals surface area contributed by atoms with Crippen molar-refractivity contribution >= 4 is 11.9 Å². The maximum atomic E-state index is 11.0. The van der Waals surface area contributed by atoms with Gasteiger partial charge in [0.05, 0.1) is 6.61 Å². The second kappa shape index (κ2) is 7.39. The highest BCUT2D eigenvalue weighted by molar-refractivity contribution is 5.71. The van der Waals surface area contributed by atoms with Crippen molar-refractivity contribution in [3.05, 3.63) is 0 Å². The van der Waals surface area contributed by atoms with Crippen molar-refractivity contribution in [1.82, 2.24) is 0 Å². The van der Waals surface area contributed by atoms with E-state index in [-0.39, 0.29) is 25.2 Å². The summed E-state index contributed by atoms with van der Waals surface area (Å²) in [6.45, 7) is 1.04. The Labute approximate surface area is 110 Å². The Kier molecular flexibility index (Phi) is 6.16. The molecule has 110 valence electrons. The van der Waals surface area contributed by atoms with E-state index in [1.807, 2.05) is 0 Å². The molecule has 0 spiro atoms. The van der Waals surface area contributed by atoms with E-state index < -0.39 is 24.5 Å². The number of esters is 1. The molecule has 4 atom stereocenters. The minimum atomic E-state index is -0.571. The number of carbonyl (C=O) groups is 2. The van der Waals surface area contributed by atoms with Gasteiger partial charge in [-0.1, -0.05) is 0 Å². The zero-order valence-corrected chi connectivity index (χ0v) is 10.9. The van der Waals surface area contributed by atoms with Gasteiger partial charge in [-0.25, -0.2) is 4.79 Å². The second-order valence-electron chi connectivity index (χ2n) is 4.17. The molecule has 4 unspecified atom stereocenters. The monoisotopic (exact) mass is 277 g/mol. The van der Waals surface area contributed by atoms with Crippen molar-refractivity contribution in [3.63, 3.8) is 0 Å². The van der Waals surface area contributed by atoms with Gasteiger partial charge >= 0.3 is 5.97 Å². The number of carbonyl (C=O) groups excluding carboxylic acids is 2. The summed E-state index contributed by atoms with van der Waals surface area (Å²) < 4.78 is 20.8. The Balaban J connectivity index is 0.000000399. The number of hydrogen-bond acceptors (Lipinski definition) is 7. The Morgan fingerprint density at radius 3 is 2.74 bits per heavy atom. The first-order valence-corrected chi connectivity index (χ1v) is 5.84. The molecule has 2 saturated heterocycles. The molecule has 0 bridgehead atoms. The molecule has 1 amide bonds. The third-order valence-corrected chi connectivity index (χ3v) is 2.61. The molecule has 2 fully saturated rings. The van der Waals surface area contributed by atoms with Crippen LogP contribution in [0.4, 0.5) is 0 Å². The van der Waals surface area contributed by atoms with Crippen molar-refractivity contribution in [2.45, 2.75) is 37.9 Å². The lowest BCUT2D eigenvalue weighted by atomic mass is 10.0. The zero-order chi connectivity index (χ0) is 14.4. The third kappa shape index (κ3) is 4.75. The lowest BCUT2D eigenvalue weighted by Crippen LogP contribution is -2.56. The van der Waals surface area contributed by atoms with Gasteiger partial charge in [0, 0.05) is 20.5 Å². The highest BCUT2D eigenvalue weighted by Crippen LogP contribution is 2.27. The van der Waals surface area contributed by atoms with Crippen LogP contribution in [0.2, 0.25) is 0 Å². The van der Waals surface area contributed by atoms with Crippen LogP contribution in [0.25, 0.3) is 0 Å². The summed E-state index contributed by atoms with van der Waals surface area (Å²) in [5.41, 5.74) is 4.47. The van der Waals surface area contributed by atoms with Gasteiger partial charge in [0.15, 0.2) is 12.4 Å². The molecule has 0 radical (unpaired) electrons. The number of nitrogens with two attached hydrogens (primary N) is 1. The third-order valence-electron chi connectivity index (χ3n) is 2.61. The lowest BCUT2D eigenvalue weighted by molar-refractivity contribution is -0.276. The van der Waals surface area contributed by atoms with E-state index in [9.17, 15) is 9.59 Å². The minimum Gasteiger partial charge on any atom is -0.455 e. The summed E-state index contributed by atoms with van der Waals surface area (Å²) in [5.74, 6) is -0.755. The van der Waals surface area contributed by atoms with Crippen LogP contribution in [0.5, 0.6) is 0 Å². The molecule has 2 aliphatic heterocycles. The minimum absolute atomic E-state index is 0.0459. The number of hydrogen-bond donors (Lipinski definition) is 2. The number of amides is 1. The van der Waals surface area contributed by atoms with Crippen molar-refractivity contribution < 1.29 is 33.6 Å². The number of ether oxygens (including phenoxy) is 4. The van der Waals surface area contributed by atoms with Crippen LogP contribution >= 0.6 is 0 Å². The summed E-state index contributed by atoms with van der Waals surface area (Å²) in [4.78, 5) is 20.2. The van der Waals surface area contributed by atoms with Gasteiger partial charge in [-0.2, -0.15) is 0 Å². The smallest absolute Gasteiger partial charge is 0.332 e. The topological polar surface area (TPSA) is 117 Å². The Morgan fingerprint density at radius 2 is 2.21 bits per heavy atom. The highest BCUT2D eigenvalue weighted by atomic mass is 16.7. The van der Waals surface area contributed by atoms with Gasteiger partial charge < -0.3 is 29.8 Å². The van der Waals surface area contributed by atoms with E-state index >= 15 is 0 Å². The van der Waals surface area contributed by atoms with E-state index in [2.05, 4.69) is 5.73 Å².